The van der Waals surface area contributed by atoms with Gasteiger partial charge in [-0.2, -0.15) is 0 Å². The molecule has 1 saturated carbocycles. The molecule has 2 aliphatic rings. The molecule has 19 heavy (non-hydrogen) atoms. The Hall–Kier alpha value is -0.570. The molecule has 1 aliphatic heterocycles. The maximum atomic E-state index is 12.6. The highest BCUT2D eigenvalue weighted by Crippen LogP contribution is 2.34. The van der Waals surface area contributed by atoms with E-state index in [0.29, 0.717) is 11.8 Å². The van der Waals surface area contributed by atoms with Gasteiger partial charge in [-0.25, -0.2) is 0 Å². The van der Waals surface area contributed by atoms with E-state index in [2.05, 4.69) is 31.4 Å². The van der Waals surface area contributed by atoms with Crippen LogP contribution in [0, 0.1) is 23.2 Å². The molecule has 2 fully saturated rings. The van der Waals surface area contributed by atoms with Gasteiger partial charge in [0.1, 0.15) is 0 Å². The van der Waals surface area contributed by atoms with Gasteiger partial charge in [-0.15, -0.1) is 0 Å². The van der Waals surface area contributed by atoms with Gasteiger partial charge in [0.2, 0.25) is 5.91 Å². The standard InChI is InChI=1S/C16H30N2O/c1-12(2)16(8-9-17-11-16)15(19)18-10-14-6-4-13(3)5-7-14/h12-14,17H,4-11H2,1-3H3,(H,18,19). The topological polar surface area (TPSA) is 41.1 Å². The number of hydrogen-bond acceptors (Lipinski definition) is 2. The molecule has 1 unspecified atom stereocenters. The van der Waals surface area contributed by atoms with Crippen LogP contribution < -0.4 is 10.6 Å². The summed E-state index contributed by atoms with van der Waals surface area (Å²) in [4.78, 5) is 12.6. The van der Waals surface area contributed by atoms with Crippen molar-refractivity contribution >= 4 is 5.91 Å². The molecule has 0 aromatic rings. The predicted octanol–water partition coefficient (Wildman–Crippen LogP) is 2.56. The Morgan fingerprint density at radius 3 is 2.53 bits per heavy atom. The maximum Gasteiger partial charge on any atom is 0.227 e. The van der Waals surface area contributed by atoms with Crippen LogP contribution >= 0.6 is 0 Å². The average molecular weight is 266 g/mol. The molecule has 0 aromatic heterocycles. The Kier molecular flexibility index (Phi) is 4.88. The van der Waals surface area contributed by atoms with Crippen LogP contribution in [0.5, 0.6) is 0 Å². The summed E-state index contributed by atoms with van der Waals surface area (Å²) in [5, 5.41) is 6.61. The average Bonchev–Trinajstić information content (AvgIpc) is 2.88. The number of amides is 1. The van der Waals surface area contributed by atoms with Crippen molar-refractivity contribution in [2.45, 2.75) is 52.9 Å². The number of rotatable bonds is 4. The molecule has 0 aromatic carbocycles. The lowest BCUT2D eigenvalue weighted by molar-refractivity contribution is -0.132. The zero-order valence-corrected chi connectivity index (χ0v) is 12.8. The van der Waals surface area contributed by atoms with Gasteiger partial charge < -0.3 is 10.6 Å². The molecule has 2 N–H and O–H groups in total. The minimum Gasteiger partial charge on any atom is -0.355 e. The number of hydrogen-bond donors (Lipinski definition) is 2. The third kappa shape index (κ3) is 3.31. The zero-order chi connectivity index (χ0) is 13.9. The number of nitrogens with one attached hydrogen (secondary N) is 2. The zero-order valence-electron chi connectivity index (χ0n) is 12.8. The molecule has 1 atom stereocenters. The van der Waals surface area contributed by atoms with Gasteiger partial charge in [0.25, 0.3) is 0 Å². The number of carbonyl (C=O) groups is 1. The van der Waals surface area contributed by atoms with Gasteiger partial charge in [-0.1, -0.05) is 33.6 Å². The van der Waals surface area contributed by atoms with Crippen LogP contribution in [-0.2, 0) is 4.79 Å². The third-order valence-corrected chi connectivity index (χ3v) is 5.43. The molecule has 3 heteroatoms. The summed E-state index contributed by atoms with van der Waals surface area (Å²) in [7, 11) is 0. The fourth-order valence-corrected chi connectivity index (χ4v) is 3.61. The summed E-state index contributed by atoms with van der Waals surface area (Å²) in [6.07, 6.45) is 6.22. The summed E-state index contributed by atoms with van der Waals surface area (Å²) >= 11 is 0. The summed E-state index contributed by atoms with van der Waals surface area (Å²) in [6.45, 7) is 9.40. The van der Waals surface area contributed by atoms with E-state index in [1.54, 1.807) is 0 Å². The van der Waals surface area contributed by atoms with E-state index in [0.717, 1.165) is 32.0 Å². The fraction of sp³-hybridized carbons (Fsp3) is 0.938. The molecule has 0 spiro atoms. The van der Waals surface area contributed by atoms with Crippen LogP contribution in [0.4, 0.5) is 0 Å². The normalized spacial score (nSPS) is 35.6. The third-order valence-electron chi connectivity index (χ3n) is 5.43. The van der Waals surface area contributed by atoms with Crippen LogP contribution in [0.25, 0.3) is 0 Å². The molecule has 3 nitrogen and oxygen atoms in total. The lowest BCUT2D eigenvalue weighted by atomic mass is 9.75. The highest BCUT2D eigenvalue weighted by atomic mass is 16.2. The van der Waals surface area contributed by atoms with Gasteiger partial charge in [-0.05, 0) is 43.6 Å². The molecule has 0 bridgehead atoms. The van der Waals surface area contributed by atoms with Crippen molar-refractivity contribution in [3.63, 3.8) is 0 Å². The summed E-state index contributed by atoms with van der Waals surface area (Å²) in [6, 6.07) is 0. The molecule has 1 saturated heterocycles. The largest absolute Gasteiger partial charge is 0.355 e. The molecular weight excluding hydrogens is 236 g/mol. The van der Waals surface area contributed by atoms with Gasteiger partial charge in [0.15, 0.2) is 0 Å². The van der Waals surface area contributed by atoms with Gasteiger partial charge >= 0.3 is 0 Å². The van der Waals surface area contributed by atoms with Crippen LogP contribution in [0.2, 0.25) is 0 Å². The van der Waals surface area contributed by atoms with E-state index in [1.165, 1.54) is 25.7 Å². The van der Waals surface area contributed by atoms with Crippen molar-refractivity contribution in [1.29, 1.82) is 0 Å². The van der Waals surface area contributed by atoms with Crippen molar-refractivity contribution in [1.82, 2.24) is 10.6 Å². The Morgan fingerprint density at radius 2 is 2.00 bits per heavy atom. The quantitative estimate of drug-likeness (QED) is 0.821. The van der Waals surface area contributed by atoms with Crippen LogP contribution in [0.15, 0.2) is 0 Å². The van der Waals surface area contributed by atoms with E-state index >= 15 is 0 Å². The molecule has 1 aliphatic carbocycles. The van der Waals surface area contributed by atoms with Gasteiger partial charge in [0.05, 0.1) is 5.41 Å². The minimum absolute atomic E-state index is 0.165. The Morgan fingerprint density at radius 1 is 1.32 bits per heavy atom. The molecular formula is C16H30N2O. The van der Waals surface area contributed by atoms with E-state index in [1.807, 2.05) is 0 Å². The molecule has 110 valence electrons. The van der Waals surface area contributed by atoms with Crippen molar-refractivity contribution in [3.8, 4) is 0 Å². The van der Waals surface area contributed by atoms with E-state index in [-0.39, 0.29) is 11.3 Å². The van der Waals surface area contributed by atoms with E-state index in [9.17, 15) is 4.79 Å². The Bertz CT molecular complexity index is 300. The Labute approximate surface area is 117 Å². The summed E-state index contributed by atoms with van der Waals surface area (Å²) < 4.78 is 0. The first kappa shape index (κ1) is 14.8. The van der Waals surface area contributed by atoms with Crippen molar-refractivity contribution in [2.24, 2.45) is 23.2 Å². The van der Waals surface area contributed by atoms with Crippen LogP contribution in [0.1, 0.15) is 52.9 Å². The lowest BCUT2D eigenvalue weighted by Crippen LogP contribution is -2.47. The fourth-order valence-electron chi connectivity index (χ4n) is 3.61. The summed E-state index contributed by atoms with van der Waals surface area (Å²) in [5.74, 6) is 2.28. The number of carbonyl (C=O) groups excluding carboxylic acids is 1. The predicted molar refractivity (Wildman–Crippen MR) is 78.9 cm³/mol. The molecule has 1 amide bonds. The van der Waals surface area contributed by atoms with E-state index < -0.39 is 0 Å². The van der Waals surface area contributed by atoms with Crippen molar-refractivity contribution in [3.05, 3.63) is 0 Å². The highest BCUT2D eigenvalue weighted by molar-refractivity contribution is 5.83. The highest BCUT2D eigenvalue weighted by Gasteiger charge is 2.43. The van der Waals surface area contributed by atoms with Crippen molar-refractivity contribution < 1.29 is 4.79 Å². The second kappa shape index (κ2) is 6.25. The SMILES string of the molecule is CC1CCC(CNC(=O)C2(C(C)C)CCNC2)CC1. The minimum atomic E-state index is -0.165. The van der Waals surface area contributed by atoms with Crippen molar-refractivity contribution in [2.75, 3.05) is 19.6 Å². The monoisotopic (exact) mass is 266 g/mol. The first-order valence-corrected chi connectivity index (χ1v) is 8.03. The van der Waals surface area contributed by atoms with Crippen LogP contribution in [-0.4, -0.2) is 25.5 Å². The van der Waals surface area contributed by atoms with Crippen LogP contribution in [0.3, 0.4) is 0 Å². The molecule has 1 heterocycles. The summed E-state index contributed by atoms with van der Waals surface area (Å²) in [5.41, 5.74) is -0.165. The smallest absolute Gasteiger partial charge is 0.227 e. The molecule has 2 rings (SSSR count). The first-order chi connectivity index (χ1) is 9.04. The Balaban J connectivity index is 1.83. The lowest BCUT2D eigenvalue weighted by Gasteiger charge is -2.33. The first-order valence-electron chi connectivity index (χ1n) is 8.03. The second-order valence-corrected chi connectivity index (χ2v) is 7.07. The second-order valence-electron chi connectivity index (χ2n) is 7.07. The van der Waals surface area contributed by atoms with Gasteiger partial charge in [-0.3, -0.25) is 4.79 Å². The van der Waals surface area contributed by atoms with Gasteiger partial charge in [0, 0.05) is 13.1 Å². The maximum absolute atomic E-state index is 12.6. The molecule has 0 radical (unpaired) electrons. The van der Waals surface area contributed by atoms with E-state index in [4.69, 9.17) is 0 Å².